The van der Waals surface area contributed by atoms with E-state index in [9.17, 15) is 9.18 Å². The van der Waals surface area contributed by atoms with E-state index in [2.05, 4.69) is 5.32 Å². The van der Waals surface area contributed by atoms with Crippen molar-refractivity contribution in [3.8, 4) is 0 Å². The van der Waals surface area contributed by atoms with Crippen LogP contribution >= 0.6 is 11.6 Å². The van der Waals surface area contributed by atoms with E-state index in [1.165, 1.54) is 12.1 Å². The largest absolute Gasteiger partial charge is 0.394 e. The summed E-state index contributed by atoms with van der Waals surface area (Å²) < 4.78 is 13.2. The highest BCUT2D eigenvalue weighted by Crippen LogP contribution is 2.15. The maximum absolute atomic E-state index is 13.2. The minimum absolute atomic E-state index is 0.0240. The molecule has 0 fully saturated rings. The number of carbonyl (C=O) groups excluding carboxylic acids is 1. The molecule has 0 aliphatic heterocycles. The quantitative estimate of drug-likeness (QED) is 0.871. The second kappa shape index (κ2) is 5.98. The van der Waals surface area contributed by atoms with E-state index in [-0.39, 0.29) is 29.2 Å². The van der Waals surface area contributed by atoms with Gasteiger partial charge in [-0.3, -0.25) is 4.79 Å². The fourth-order valence-electron chi connectivity index (χ4n) is 1.31. The van der Waals surface area contributed by atoms with Crippen molar-refractivity contribution in [2.24, 2.45) is 5.92 Å². The van der Waals surface area contributed by atoms with Crippen LogP contribution in [0.4, 0.5) is 4.39 Å². The first-order chi connectivity index (χ1) is 7.95. The van der Waals surface area contributed by atoms with Gasteiger partial charge in [0, 0.05) is 5.56 Å². The fraction of sp³-hybridized carbons (Fsp3) is 0.417. The number of rotatable bonds is 4. The Bertz CT molecular complexity index is 409. The minimum Gasteiger partial charge on any atom is -0.394 e. The normalized spacial score (nSPS) is 12.6. The van der Waals surface area contributed by atoms with E-state index in [4.69, 9.17) is 16.7 Å². The third-order valence-electron chi connectivity index (χ3n) is 2.50. The highest BCUT2D eigenvalue weighted by Gasteiger charge is 2.16. The topological polar surface area (TPSA) is 49.3 Å². The van der Waals surface area contributed by atoms with Gasteiger partial charge in [0.25, 0.3) is 5.91 Å². The summed E-state index contributed by atoms with van der Waals surface area (Å²) in [5.41, 5.74) is 0.186. The van der Waals surface area contributed by atoms with E-state index in [0.717, 1.165) is 6.07 Å². The summed E-state index contributed by atoms with van der Waals surface area (Å²) in [5.74, 6) is -0.959. The van der Waals surface area contributed by atoms with Crippen LogP contribution < -0.4 is 5.32 Å². The van der Waals surface area contributed by atoms with Crippen molar-refractivity contribution in [1.29, 1.82) is 0 Å². The number of nitrogens with one attached hydrogen (secondary N) is 1. The van der Waals surface area contributed by atoms with Crippen LogP contribution in [0, 0.1) is 11.7 Å². The zero-order chi connectivity index (χ0) is 13.0. The van der Waals surface area contributed by atoms with Crippen LogP contribution in [-0.2, 0) is 0 Å². The van der Waals surface area contributed by atoms with Gasteiger partial charge in [-0.2, -0.15) is 0 Å². The molecule has 0 spiro atoms. The molecule has 0 radical (unpaired) electrons. The standard InChI is InChI=1S/C12H15ClFNO2/c1-7(2)11(6-16)15-12(17)8-3-4-9(13)10(14)5-8/h3-5,7,11,16H,6H2,1-2H3,(H,15,17)/t11-/m1/s1. The Kier molecular flexibility index (Phi) is 4.90. The molecule has 1 rings (SSSR count). The predicted molar refractivity (Wildman–Crippen MR) is 64.6 cm³/mol. The van der Waals surface area contributed by atoms with Gasteiger partial charge in [-0.25, -0.2) is 4.39 Å². The van der Waals surface area contributed by atoms with Crippen molar-refractivity contribution in [3.63, 3.8) is 0 Å². The van der Waals surface area contributed by atoms with Crippen LogP contribution in [0.2, 0.25) is 5.02 Å². The molecule has 0 unspecified atom stereocenters. The zero-order valence-electron chi connectivity index (χ0n) is 9.71. The lowest BCUT2D eigenvalue weighted by Gasteiger charge is -2.19. The molecule has 5 heteroatoms. The van der Waals surface area contributed by atoms with E-state index < -0.39 is 11.7 Å². The Labute approximate surface area is 105 Å². The Morgan fingerprint density at radius 1 is 1.53 bits per heavy atom. The molecule has 1 aromatic carbocycles. The summed E-state index contributed by atoms with van der Waals surface area (Å²) in [6.07, 6.45) is 0. The Balaban J connectivity index is 2.79. The number of carbonyl (C=O) groups is 1. The molecular weight excluding hydrogens is 245 g/mol. The smallest absolute Gasteiger partial charge is 0.251 e. The van der Waals surface area contributed by atoms with Gasteiger partial charge >= 0.3 is 0 Å². The van der Waals surface area contributed by atoms with Crippen LogP contribution in [0.1, 0.15) is 24.2 Å². The second-order valence-electron chi connectivity index (χ2n) is 4.14. The molecule has 0 aliphatic carbocycles. The number of hydrogen-bond acceptors (Lipinski definition) is 2. The lowest BCUT2D eigenvalue weighted by atomic mass is 10.0. The van der Waals surface area contributed by atoms with Gasteiger partial charge in [-0.15, -0.1) is 0 Å². The maximum atomic E-state index is 13.2. The van der Waals surface area contributed by atoms with Gasteiger partial charge in [0.2, 0.25) is 0 Å². The first-order valence-corrected chi connectivity index (χ1v) is 5.70. The molecule has 0 aliphatic rings. The van der Waals surface area contributed by atoms with Crippen LogP contribution in [0.5, 0.6) is 0 Å². The molecular formula is C12H15ClFNO2. The van der Waals surface area contributed by atoms with Crippen molar-refractivity contribution < 1.29 is 14.3 Å². The number of benzene rings is 1. The number of aliphatic hydroxyl groups is 1. The second-order valence-corrected chi connectivity index (χ2v) is 4.54. The summed E-state index contributed by atoms with van der Waals surface area (Å²) in [4.78, 5) is 11.7. The molecule has 17 heavy (non-hydrogen) atoms. The molecule has 1 atom stereocenters. The van der Waals surface area contributed by atoms with Gasteiger partial charge in [-0.1, -0.05) is 25.4 Å². The number of hydrogen-bond donors (Lipinski definition) is 2. The average Bonchev–Trinajstić information content (AvgIpc) is 2.28. The zero-order valence-corrected chi connectivity index (χ0v) is 10.5. The number of amides is 1. The molecule has 3 nitrogen and oxygen atoms in total. The molecule has 0 saturated heterocycles. The van der Waals surface area contributed by atoms with Crippen LogP contribution in [-0.4, -0.2) is 23.7 Å². The SMILES string of the molecule is CC(C)[C@@H](CO)NC(=O)c1ccc(Cl)c(F)c1. The van der Waals surface area contributed by atoms with Crippen molar-refractivity contribution in [2.75, 3.05) is 6.61 Å². The van der Waals surface area contributed by atoms with Crippen molar-refractivity contribution in [3.05, 3.63) is 34.6 Å². The summed E-state index contributed by atoms with van der Waals surface area (Å²) in [7, 11) is 0. The third-order valence-corrected chi connectivity index (χ3v) is 2.81. The molecule has 0 saturated carbocycles. The highest BCUT2D eigenvalue weighted by atomic mass is 35.5. The third kappa shape index (κ3) is 3.68. The van der Waals surface area contributed by atoms with Gasteiger partial charge in [0.1, 0.15) is 5.82 Å². The molecule has 2 N–H and O–H groups in total. The molecule has 0 bridgehead atoms. The fourth-order valence-corrected chi connectivity index (χ4v) is 1.43. The van der Waals surface area contributed by atoms with E-state index in [0.29, 0.717) is 0 Å². The molecule has 0 aromatic heterocycles. The van der Waals surface area contributed by atoms with Gasteiger partial charge in [0.15, 0.2) is 0 Å². The molecule has 1 aromatic rings. The van der Waals surface area contributed by atoms with Crippen molar-refractivity contribution in [2.45, 2.75) is 19.9 Å². The number of halogens is 2. The molecule has 1 amide bonds. The summed E-state index contributed by atoms with van der Waals surface area (Å²) in [6, 6.07) is 3.50. The predicted octanol–water partition coefficient (Wildman–Crippen LogP) is 2.23. The van der Waals surface area contributed by atoms with Gasteiger partial charge in [0.05, 0.1) is 17.7 Å². The maximum Gasteiger partial charge on any atom is 0.251 e. The minimum atomic E-state index is -0.635. The average molecular weight is 260 g/mol. The van der Waals surface area contributed by atoms with Crippen LogP contribution in [0.15, 0.2) is 18.2 Å². The first-order valence-electron chi connectivity index (χ1n) is 5.32. The van der Waals surface area contributed by atoms with Crippen LogP contribution in [0.3, 0.4) is 0 Å². The first kappa shape index (κ1) is 13.9. The monoisotopic (exact) mass is 259 g/mol. The Hall–Kier alpha value is -1.13. The Morgan fingerprint density at radius 2 is 2.18 bits per heavy atom. The van der Waals surface area contributed by atoms with Crippen LogP contribution in [0.25, 0.3) is 0 Å². The van der Waals surface area contributed by atoms with E-state index in [1.54, 1.807) is 0 Å². The summed E-state index contributed by atoms with van der Waals surface area (Å²) >= 11 is 5.52. The lowest BCUT2D eigenvalue weighted by molar-refractivity contribution is 0.0896. The lowest BCUT2D eigenvalue weighted by Crippen LogP contribution is -2.41. The summed E-state index contributed by atoms with van der Waals surface area (Å²) in [5, 5.41) is 11.7. The van der Waals surface area contributed by atoms with Gasteiger partial charge in [-0.05, 0) is 24.1 Å². The van der Waals surface area contributed by atoms with Gasteiger partial charge < -0.3 is 10.4 Å². The number of aliphatic hydroxyl groups excluding tert-OH is 1. The Morgan fingerprint density at radius 3 is 2.65 bits per heavy atom. The summed E-state index contributed by atoms with van der Waals surface area (Å²) in [6.45, 7) is 3.60. The van der Waals surface area contributed by atoms with E-state index >= 15 is 0 Å². The van der Waals surface area contributed by atoms with Crippen molar-refractivity contribution >= 4 is 17.5 Å². The molecule has 0 heterocycles. The molecule has 94 valence electrons. The van der Waals surface area contributed by atoms with E-state index in [1.807, 2.05) is 13.8 Å². The highest BCUT2D eigenvalue weighted by molar-refractivity contribution is 6.30. The van der Waals surface area contributed by atoms with Crippen molar-refractivity contribution in [1.82, 2.24) is 5.32 Å².